The van der Waals surface area contributed by atoms with E-state index in [9.17, 15) is 9.59 Å². The third kappa shape index (κ3) is 2.17. The van der Waals surface area contributed by atoms with Crippen molar-refractivity contribution in [2.24, 2.45) is 4.99 Å². The van der Waals surface area contributed by atoms with Gasteiger partial charge in [0.15, 0.2) is 5.84 Å². The second-order valence-electron chi connectivity index (χ2n) is 3.84. The Bertz CT molecular complexity index is 525. The lowest BCUT2D eigenvalue weighted by Crippen LogP contribution is -2.39. The summed E-state index contributed by atoms with van der Waals surface area (Å²) in [6.07, 6.45) is 0. The Labute approximate surface area is 104 Å². The molecule has 1 heterocycles. The van der Waals surface area contributed by atoms with Crippen LogP contribution in [0.5, 0.6) is 0 Å². The topological polar surface area (TPSA) is 82.0 Å². The highest BCUT2D eigenvalue weighted by Gasteiger charge is 2.23. The number of aliphatic imine (C=N–C) groups is 1. The summed E-state index contributed by atoms with van der Waals surface area (Å²) in [6, 6.07) is 6.37. The van der Waals surface area contributed by atoms with E-state index in [0.717, 1.165) is 0 Å². The van der Waals surface area contributed by atoms with Gasteiger partial charge in [-0.3, -0.25) is 9.79 Å². The molecule has 0 radical (unpaired) electrons. The second kappa shape index (κ2) is 4.87. The van der Waals surface area contributed by atoms with Crippen LogP contribution in [0.25, 0.3) is 0 Å². The number of amides is 1. The van der Waals surface area contributed by atoms with E-state index in [1.165, 1.54) is 18.0 Å². The van der Waals surface area contributed by atoms with Crippen molar-refractivity contribution in [3.63, 3.8) is 0 Å². The first-order chi connectivity index (χ1) is 8.61. The lowest BCUT2D eigenvalue weighted by Gasteiger charge is -2.19. The van der Waals surface area contributed by atoms with Gasteiger partial charge in [0.05, 0.1) is 17.8 Å². The molecule has 1 aromatic carbocycles. The molecule has 6 heteroatoms. The summed E-state index contributed by atoms with van der Waals surface area (Å²) < 4.78 is 0. The van der Waals surface area contributed by atoms with E-state index in [4.69, 9.17) is 5.11 Å². The Balaban J connectivity index is 2.31. The normalized spacial score (nSPS) is 13.7. The largest absolute Gasteiger partial charge is 0.478 e. The van der Waals surface area contributed by atoms with Gasteiger partial charge >= 0.3 is 5.97 Å². The van der Waals surface area contributed by atoms with Crippen LogP contribution >= 0.6 is 0 Å². The average molecular weight is 247 g/mol. The van der Waals surface area contributed by atoms with Crippen molar-refractivity contribution in [3.8, 4) is 0 Å². The minimum absolute atomic E-state index is 0.0898. The van der Waals surface area contributed by atoms with Crippen molar-refractivity contribution in [3.05, 3.63) is 29.8 Å². The van der Waals surface area contributed by atoms with Crippen molar-refractivity contribution < 1.29 is 14.7 Å². The number of nitrogens with one attached hydrogen (secondary N) is 1. The monoisotopic (exact) mass is 247 g/mol. The van der Waals surface area contributed by atoms with E-state index in [0.29, 0.717) is 18.8 Å². The summed E-state index contributed by atoms with van der Waals surface area (Å²) in [5.74, 6) is -1.12. The Kier molecular flexibility index (Phi) is 3.27. The first-order valence-electron chi connectivity index (χ1n) is 5.50. The third-order valence-electron chi connectivity index (χ3n) is 2.68. The molecule has 0 aliphatic carbocycles. The van der Waals surface area contributed by atoms with Crippen LogP contribution in [0, 0.1) is 0 Å². The molecule has 0 aromatic heterocycles. The Morgan fingerprint density at radius 2 is 2.11 bits per heavy atom. The van der Waals surface area contributed by atoms with E-state index in [1.807, 2.05) is 0 Å². The highest BCUT2D eigenvalue weighted by molar-refractivity contribution is 6.43. The first kappa shape index (κ1) is 12.1. The number of carbonyl (C=O) groups excluding carboxylic acids is 1. The van der Waals surface area contributed by atoms with Crippen LogP contribution in [0.15, 0.2) is 29.3 Å². The molecule has 0 bridgehead atoms. The molecule has 0 fully saturated rings. The van der Waals surface area contributed by atoms with Crippen molar-refractivity contribution in [2.45, 2.75) is 0 Å². The molecule has 1 aliphatic rings. The van der Waals surface area contributed by atoms with Crippen LogP contribution in [0.3, 0.4) is 0 Å². The maximum atomic E-state index is 12.1. The highest BCUT2D eigenvalue weighted by atomic mass is 16.4. The van der Waals surface area contributed by atoms with E-state index in [2.05, 4.69) is 10.3 Å². The summed E-state index contributed by atoms with van der Waals surface area (Å²) in [6.45, 7) is 1.20. The zero-order valence-electron chi connectivity index (χ0n) is 9.88. The maximum Gasteiger partial charge on any atom is 0.337 e. The standard InChI is InChI=1S/C12H13N3O3/c1-15(11(16)10-13-6-7-14-10)9-5-3-2-4-8(9)12(17)18/h2-5H,6-7H2,1H3,(H,13,14)(H,17,18). The molecule has 1 amide bonds. The number of hydrogen-bond donors (Lipinski definition) is 2. The van der Waals surface area contributed by atoms with Gasteiger partial charge in [-0.15, -0.1) is 0 Å². The summed E-state index contributed by atoms with van der Waals surface area (Å²) >= 11 is 0. The number of para-hydroxylation sites is 1. The number of likely N-dealkylation sites (N-methyl/N-ethyl adjacent to an activating group) is 1. The molecule has 0 saturated carbocycles. The number of carbonyl (C=O) groups is 2. The molecule has 6 nitrogen and oxygen atoms in total. The lowest BCUT2D eigenvalue weighted by molar-refractivity contribution is -0.112. The van der Waals surface area contributed by atoms with Gasteiger partial charge in [-0.2, -0.15) is 0 Å². The minimum atomic E-state index is -1.06. The smallest absolute Gasteiger partial charge is 0.337 e. The number of benzene rings is 1. The van der Waals surface area contributed by atoms with Crippen molar-refractivity contribution >= 4 is 23.4 Å². The van der Waals surface area contributed by atoms with Crippen LogP contribution in [0.2, 0.25) is 0 Å². The maximum absolute atomic E-state index is 12.1. The van der Waals surface area contributed by atoms with Crippen LogP contribution in [0.4, 0.5) is 5.69 Å². The number of rotatable bonds is 3. The van der Waals surface area contributed by atoms with Gasteiger partial charge in [-0.1, -0.05) is 12.1 Å². The number of anilines is 1. The molecule has 2 N–H and O–H groups in total. The number of aromatic carboxylic acids is 1. The van der Waals surface area contributed by atoms with Crippen molar-refractivity contribution in [1.29, 1.82) is 0 Å². The molecule has 0 saturated heterocycles. The predicted octanol–water partition coefficient (Wildman–Crippen LogP) is 0.349. The summed E-state index contributed by atoms with van der Waals surface area (Å²) in [4.78, 5) is 28.5. The minimum Gasteiger partial charge on any atom is -0.478 e. The Morgan fingerprint density at radius 1 is 1.39 bits per heavy atom. The molecule has 94 valence electrons. The Morgan fingerprint density at radius 3 is 2.72 bits per heavy atom. The molecule has 1 aliphatic heterocycles. The molecule has 2 rings (SSSR count). The SMILES string of the molecule is CN(C(=O)C1=NCCN1)c1ccccc1C(=O)O. The van der Waals surface area contributed by atoms with Crippen molar-refractivity contribution in [2.75, 3.05) is 25.0 Å². The molecule has 0 atom stereocenters. The summed E-state index contributed by atoms with van der Waals surface area (Å²) in [5, 5.41) is 11.9. The van der Waals surface area contributed by atoms with Gasteiger partial charge in [0, 0.05) is 13.6 Å². The molecule has 0 unspecified atom stereocenters. The number of amidine groups is 1. The average Bonchev–Trinajstić information content (AvgIpc) is 2.90. The van der Waals surface area contributed by atoms with Gasteiger partial charge in [0.2, 0.25) is 0 Å². The summed E-state index contributed by atoms with van der Waals surface area (Å²) in [5.41, 5.74) is 0.443. The fourth-order valence-corrected chi connectivity index (χ4v) is 1.76. The van der Waals surface area contributed by atoms with Gasteiger partial charge in [-0.05, 0) is 12.1 Å². The second-order valence-corrected chi connectivity index (χ2v) is 3.84. The predicted molar refractivity (Wildman–Crippen MR) is 67.1 cm³/mol. The van der Waals surface area contributed by atoms with Crippen LogP contribution in [-0.4, -0.2) is 43.0 Å². The van der Waals surface area contributed by atoms with E-state index in [-0.39, 0.29) is 17.3 Å². The zero-order chi connectivity index (χ0) is 13.1. The fraction of sp³-hybridized carbons (Fsp3) is 0.250. The fourth-order valence-electron chi connectivity index (χ4n) is 1.76. The van der Waals surface area contributed by atoms with Gasteiger partial charge < -0.3 is 15.3 Å². The van der Waals surface area contributed by atoms with Gasteiger partial charge in [0.25, 0.3) is 5.91 Å². The Hall–Kier alpha value is -2.37. The highest BCUT2D eigenvalue weighted by Crippen LogP contribution is 2.19. The van der Waals surface area contributed by atoms with Gasteiger partial charge in [0.1, 0.15) is 0 Å². The van der Waals surface area contributed by atoms with Crippen LogP contribution < -0.4 is 10.2 Å². The molecule has 1 aromatic rings. The van der Waals surface area contributed by atoms with E-state index < -0.39 is 5.97 Å². The van der Waals surface area contributed by atoms with Crippen LogP contribution in [-0.2, 0) is 4.79 Å². The number of hydrogen-bond acceptors (Lipinski definition) is 4. The first-order valence-corrected chi connectivity index (χ1v) is 5.50. The van der Waals surface area contributed by atoms with E-state index >= 15 is 0 Å². The molecule has 18 heavy (non-hydrogen) atoms. The van der Waals surface area contributed by atoms with Gasteiger partial charge in [-0.25, -0.2) is 4.79 Å². The van der Waals surface area contributed by atoms with Crippen molar-refractivity contribution in [1.82, 2.24) is 5.32 Å². The molecular weight excluding hydrogens is 234 g/mol. The molecule has 0 spiro atoms. The number of carboxylic acid groups (broad SMARTS) is 1. The summed E-state index contributed by atoms with van der Waals surface area (Å²) in [7, 11) is 1.53. The number of carboxylic acids is 1. The number of nitrogens with zero attached hydrogens (tertiary/aromatic N) is 2. The lowest BCUT2D eigenvalue weighted by atomic mass is 10.1. The third-order valence-corrected chi connectivity index (χ3v) is 2.68. The van der Waals surface area contributed by atoms with E-state index in [1.54, 1.807) is 18.2 Å². The quantitative estimate of drug-likeness (QED) is 0.807. The molecular formula is C12H13N3O3. The zero-order valence-corrected chi connectivity index (χ0v) is 9.88. The van der Waals surface area contributed by atoms with Crippen LogP contribution in [0.1, 0.15) is 10.4 Å².